The number of para-hydroxylation sites is 1. The Labute approximate surface area is 161 Å². The number of ether oxygens (including phenoxy) is 1. The van der Waals surface area contributed by atoms with E-state index in [1.165, 1.54) is 11.8 Å². The quantitative estimate of drug-likeness (QED) is 0.824. The molecule has 0 saturated carbocycles. The molecular weight excluding hydrogens is 364 g/mol. The summed E-state index contributed by atoms with van der Waals surface area (Å²) in [7, 11) is 1.60. The molecular formula is C20H20N2O4S. The van der Waals surface area contributed by atoms with Gasteiger partial charge in [0, 0.05) is 5.75 Å². The van der Waals surface area contributed by atoms with E-state index in [1.54, 1.807) is 12.0 Å². The predicted molar refractivity (Wildman–Crippen MR) is 105 cm³/mol. The first-order chi connectivity index (χ1) is 13.1. The summed E-state index contributed by atoms with van der Waals surface area (Å²) in [5.74, 6) is -0.584. The van der Waals surface area contributed by atoms with Gasteiger partial charge in [0.2, 0.25) is 5.91 Å². The Bertz CT molecular complexity index is 837. The summed E-state index contributed by atoms with van der Waals surface area (Å²) in [6, 6.07) is 16.8. The molecule has 1 atom stereocenters. The second-order valence-electron chi connectivity index (χ2n) is 6.11. The first-order valence-corrected chi connectivity index (χ1v) is 9.48. The lowest BCUT2D eigenvalue weighted by molar-refractivity contribution is -0.142. The lowest BCUT2D eigenvalue weighted by atomic mass is 10.1. The Kier molecular flexibility index (Phi) is 6.13. The van der Waals surface area contributed by atoms with Crippen molar-refractivity contribution in [2.45, 2.75) is 13.0 Å². The molecule has 1 heterocycles. The fourth-order valence-electron chi connectivity index (χ4n) is 2.76. The number of carbonyl (C=O) groups is 2. The van der Waals surface area contributed by atoms with E-state index in [-0.39, 0.29) is 12.3 Å². The molecule has 1 aliphatic rings. The molecule has 1 amide bonds. The zero-order valence-electron chi connectivity index (χ0n) is 14.9. The third-order valence-electron chi connectivity index (χ3n) is 4.16. The fraction of sp³-hybridized carbons (Fsp3) is 0.250. The van der Waals surface area contributed by atoms with Crippen LogP contribution in [0.15, 0.2) is 59.6 Å². The van der Waals surface area contributed by atoms with Crippen LogP contribution in [0.2, 0.25) is 0 Å². The van der Waals surface area contributed by atoms with E-state index in [4.69, 9.17) is 9.84 Å². The number of hydrogen-bond donors (Lipinski definition) is 1. The molecule has 0 radical (unpaired) electrons. The number of hydrogen-bond acceptors (Lipinski definition) is 5. The van der Waals surface area contributed by atoms with Gasteiger partial charge in [-0.2, -0.15) is 0 Å². The highest BCUT2D eigenvalue weighted by Gasteiger charge is 2.35. The van der Waals surface area contributed by atoms with Crippen molar-refractivity contribution in [3.63, 3.8) is 0 Å². The number of aliphatic imine (C=N–C) groups is 1. The lowest BCUT2D eigenvalue weighted by Gasteiger charge is -2.32. The zero-order chi connectivity index (χ0) is 19.2. The zero-order valence-corrected chi connectivity index (χ0v) is 15.7. The van der Waals surface area contributed by atoms with Gasteiger partial charge in [-0.25, -0.2) is 4.99 Å². The molecule has 2 aromatic rings. The van der Waals surface area contributed by atoms with Crippen LogP contribution < -0.4 is 4.74 Å². The number of nitrogens with zero attached hydrogens (tertiary/aromatic N) is 2. The van der Waals surface area contributed by atoms with Crippen LogP contribution in [0.5, 0.6) is 5.75 Å². The maximum Gasteiger partial charge on any atom is 0.304 e. The molecule has 1 unspecified atom stereocenters. The van der Waals surface area contributed by atoms with Crippen LogP contribution >= 0.6 is 11.8 Å². The van der Waals surface area contributed by atoms with Crippen molar-refractivity contribution in [3.05, 3.63) is 60.2 Å². The second-order valence-corrected chi connectivity index (χ2v) is 7.10. The molecule has 6 nitrogen and oxygen atoms in total. The molecule has 0 spiro atoms. The summed E-state index contributed by atoms with van der Waals surface area (Å²) >= 11 is 1.41. The Balaban J connectivity index is 1.88. The SMILES string of the molecule is COc1ccc(CN2C(=O)C(CC(=O)O)CSC2=Nc2ccccc2)cc1. The summed E-state index contributed by atoms with van der Waals surface area (Å²) in [6.45, 7) is 0.331. The standard InChI is InChI=1S/C20H20N2O4S/c1-26-17-9-7-14(8-10-17)12-22-19(25)15(11-18(23)24)13-27-20(22)21-16-5-3-2-4-6-16/h2-10,15H,11-13H2,1H3,(H,23,24). The number of benzene rings is 2. The molecule has 2 aromatic carbocycles. The molecule has 1 saturated heterocycles. The third kappa shape index (κ3) is 4.89. The van der Waals surface area contributed by atoms with Crippen LogP contribution in [0.4, 0.5) is 5.69 Å². The summed E-state index contributed by atoms with van der Waals surface area (Å²) in [4.78, 5) is 30.2. The van der Waals surface area contributed by atoms with Gasteiger partial charge in [-0.1, -0.05) is 42.1 Å². The average molecular weight is 384 g/mol. The molecule has 0 bridgehead atoms. The first-order valence-electron chi connectivity index (χ1n) is 8.49. The number of amidine groups is 1. The second kappa shape index (κ2) is 8.73. The van der Waals surface area contributed by atoms with E-state index in [0.29, 0.717) is 17.5 Å². The van der Waals surface area contributed by atoms with E-state index in [2.05, 4.69) is 4.99 Å². The minimum Gasteiger partial charge on any atom is -0.497 e. The predicted octanol–water partition coefficient (Wildman–Crippen LogP) is 3.55. The van der Waals surface area contributed by atoms with Crippen LogP contribution in [-0.4, -0.2) is 39.9 Å². The van der Waals surface area contributed by atoms with E-state index < -0.39 is 11.9 Å². The normalized spacial score (nSPS) is 18.6. The topological polar surface area (TPSA) is 79.2 Å². The number of amides is 1. The van der Waals surface area contributed by atoms with Gasteiger partial charge < -0.3 is 9.84 Å². The van der Waals surface area contributed by atoms with Gasteiger partial charge in [-0.3, -0.25) is 14.5 Å². The largest absolute Gasteiger partial charge is 0.497 e. The van der Waals surface area contributed by atoms with Gasteiger partial charge in [-0.05, 0) is 29.8 Å². The highest BCUT2D eigenvalue weighted by Crippen LogP contribution is 2.29. The van der Waals surface area contributed by atoms with E-state index in [0.717, 1.165) is 17.0 Å². The summed E-state index contributed by atoms with van der Waals surface area (Å²) in [6.07, 6.45) is -0.177. The minimum atomic E-state index is -0.971. The van der Waals surface area contributed by atoms with Crippen molar-refractivity contribution in [1.82, 2.24) is 4.90 Å². The molecule has 0 aromatic heterocycles. The Morgan fingerprint density at radius 1 is 1.22 bits per heavy atom. The number of rotatable bonds is 6. The molecule has 3 rings (SSSR count). The minimum absolute atomic E-state index is 0.177. The van der Waals surface area contributed by atoms with Crippen molar-refractivity contribution >= 4 is 34.5 Å². The smallest absolute Gasteiger partial charge is 0.304 e. The van der Waals surface area contributed by atoms with E-state index in [9.17, 15) is 9.59 Å². The number of aliphatic carboxylic acids is 1. The molecule has 7 heteroatoms. The summed E-state index contributed by atoms with van der Waals surface area (Å²) < 4.78 is 5.17. The van der Waals surface area contributed by atoms with E-state index >= 15 is 0 Å². The van der Waals surface area contributed by atoms with Crippen LogP contribution in [0.25, 0.3) is 0 Å². The summed E-state index contributed by atoms with van der Waals surface area (Å²) in [5.41, 5.74) is 1.67. The van der Waals surface area contributed by atoms with Crippen molar-refractivity contribution < 1.29 is 19.4 Å². The van der Waals surface area contributed by atoms with Gasteiger partial charge in [0.1, 0.15) is 5.75 Å². The number of carbonyl (C=O) groups excluding carboxylic acids is 1. The van der Waals surface area contributed by atoms with Crippen molar-refractivity contribution in [3.8, 4) is 5.75 Å². The maximum absolute atomic E-state index is 12.9. The van der Waals surface area contributed by atoms with Crippen molar-refractivity contribution in [1.29, 1.82) is 0 Å². The monoisotopic (exact) mass is 384 g/mol. The van der Waals surface area contributed by atoms with Crippen LogP contribution in [0.3, 0.4) is 0 Å². The number of thioether (sulfide) groups is 1. The Morgan fingerprint density at radius 2 is 1.93 bits per heavy atom. The van der Waals surface area contributed by atoms with Crippen LogP contribution in [0, 0.1) is 5.92 Å². The highest BCUT2D eigenvalue weighted by atomic mass is 32.2. The van der Waals surface area contributed by atoms with Gasteiger partial charge in [0.25, 0.3) is 0 Å². The summed E-state index contributed by atoms with van der Waals surface area (Å²) in [5, 5.41) is 9.68. The number of carboxylic acids is 1. The van der Waals surface area contributed by atoms with Gasteiger partial charge in [-0.15, -0.1) is 0 Å². The molecule has 1 N–H and O–H groups in total. The third-order valence-corrected chi connectivity index (χ3v) is 5.30. The maximum atomic E-state index is 12.9. The van der Waals surface area contributed by atoms with Crippen LogP contribution in [0.1, 0.15) is 12.0 Å². The average Bonchev–Trinajstić information content (AvgIpc) is 2.68. The highest BCUT2D eigenvalue weighted by molar-refractivity contribution is 8.14. The lowest BCUT2D eigenvalue weighted by Crippen LogP contribution is -2.44. The fourth-order valence-corrected chi connectivity index (χ4v) is 3.85. The van der Waals surface area contributed by atoms with Gasteiger partial charge >= 0.3 is 5.97 Å². The Morgan fingerprint density at radius 3 is 2.56 bits per heavy atom. The number of methoxy groups -OCH3 is 1. The van der Waals surface area contributed by atoms with Crippen molar-refractivity contribution in [2.24, 2.45) is 10.9 Å². The van der Waals surface area contributed by atoms with Crippen molar-refractivity contribution in [2.75, 3.05) is 12.9 Å². The molecule has 140 valence electrons. The molecule has 1 aliphatic heterocycles. The van der Waals surface area contributed by atoms with E-state index in [1.807, 2.05) is 54.6 Å². The number of carboxylic acid groups (broad SMARTS) is 1. The molecule has 27 heavy (non-hydrogen) atoms. The molecule has 1 fully saturated rings. The Hall–Kier alpha value is -2.80. The van der Waals surface area contributed by atoms with Crippen LogP contribution in [-0.2, 0) is 16.1 Å². The van der Waals surface area contributed by atoms with Gasteiger partial charge in [0.05, 0.1) is 31.7 Å². The molecule has 0 aliphatic carbocycles. The first kappa shape index (κ1) is 19.0. The van der Waals surface area contributed by atoms with Gasteiger partial charge in [0.15, 0.2) is 5.17 Å².